The minimum atomic E-state index is -1.12. The predicted molar refractivity (Wildman–Crippen MR) is 124 cm³/mol. The fraction of sp³-hybridized carbons (Fsp3) is 0.360. The molecule has 0 spiro atoms. The van der Waals surface area contributed by atoms with Crippen molar-refractivity contribution in [3.8, 4) is 0 Å². The first-order chi connectivity index (χ1) is 15.9. The zero-order chi connectivity index (χ0) is 23.2. The van der Waals surface area contributed by atoms with E-state index in [4.69, 9.17) is 5.10 Å². The van der Waals surface area contributed by atoms with Crippen molar-refractivity contribution in [2.45, 2.75) is 38.3 Å². The Labute approximate surface area is 191 Å². The quantitative estimate of drug-likeness (QED) is 0.603. The van der Waals surface area contributed by atoms with Gasteiger partial charge in [0.05, 0.1) is 11.6 Å². The molecule has 2 aliphatic rings. The second-order valence-corrected chi connectivity index (χ2v) is 9.14. The SMILES string of the molecule is CC(C)[C@]1(c2ccc(C(=O)N3CCC(n4cc5ccccc5n4)CC3)cc2)NC(=O)NC1=O. The van der Waals surface area contributed by atoms with E-state index in [0.29, 0.717) is 24.2 Å². The summed E-state index contributed by atoms with van der Waals surface area (Å²) in [6.07, 6.45) is 3.78. The number of fused-ring (bicyclic) bond motifs is 1. The maximum atomic E-state index is 13.1. The first kappa shape index (κ1) is 21.2. The monoisotopic (exact) mass is 445 g/mol. The zero-order valence-corrected chi connectivity index (χ0v) is 18.7. The molecule has 2 fully saturated rings. The first-order valence-electron chi connectivity index (χ1n) is 11.4. The normalized spacial score (nSPS) is 21.5. The van der Waals surface area contributed by atoms with E-state index in [9.17, 15) is 14.4 Å². The van der Waals surface area contributed by atoms with Gasteiger partial charge in [-0.1, -0.05) is 44.2 Å². The average molecular weight is 446 g/mol. The van der Waals surface area contributed by atoms with Gasteiger partial charge in [-0.2, -0.15) is 5.10 Å². The highest BCUT2D eigenvalue weighted by Crippen LogP contribution is 2.33. The molecule has 1 atom stereocenters. The number of imide groups is 1. The first-order valence-corrected chi connectivity index (χ1v) is 11.4. The fourth-order valence-electron chi connectivity index (χ4n) is 4.97. The van der Waals surface area contributed by atoms with Crippen LogP contribution in [0.5, 0.6) is 0 Å². The molecule has 2 aliphatic heterocycles. The highest BCUT2D eigenvalue weighted by molar-refractivity contribution is 6.07. The summed E-state index contributed by atoms with van der Waals surface area (Å²) in [4.78, 5) is 39.3. The van der Waals surface area contributed by atoms with E-state index in [2.05, 4.69) is 22.9 Å². The molecule has 3 heterocycles. The second kappa shape index (κ2) is 8.03. The van der Waals surface area contributed by atoms with E-state index < -0.39 is 11.6 Å². The number of benzene rings is 2. The van der Waals surface area contributed by atoms with E-state index >= 15 is 0 Å². The highest BCUT2D eigenvalue weighted by Gasteiger charge is 2.50. The molecule has 5 rings (SSSR count). The summed E-state index contributed by atoms with van der Waals surface area (Å²) in [5, 5.41) is 10.9. The molecule has 33 heavy (non-hydrogen) atoms. The molecule has 0 bridgehead atoms. The molecular formula is C25H27N5O3. The largest absolute Gasteiger partial charge is 0.338 e. The fourth-order valence-corrected chi connectivity index (χ4v) is 4.97. The van der Waals surface area contributed by atoms with Crippen LogP contribution in [0.3, 0.4) is 0 Å². The molecule has 1 aromatic heterocycles. The van der Waals surface area contributed by atoms with Gasteiger partial charge in [0.1, 0.15) is 5.54 Å². The van der Waals surface area contributed by atoms with E-state index in [1.54, 1.807) is 24.3 Å². The molecule has 2 aromatic carbocycles. The molecule has 8 heteroatoms. The molecule has 2 saturated heterocycles. The second-order valence-electron chi connectivity index (χ2n) is 9.14. The van der Waals surface area contributed by atoms with Crippen LogP contribution in [0, 0.1) is 5.92 Å². The summed E-state index contributed by atoms with van der Waals surface area (Å²) in [5.41, 5.74) is 1.11. The van der Waals surface area contributed by atoms with E-state index in [0.717, 1.165) is 23.7 Å². The van der Waals surface area contributed by atoms with Gasteiger partial charge < -0.3 is 10.2 Å². The maximum Gasteiger partial charge on any atom is 0.322 e. The lowest BCUT2D eigenvalue weighted by atomic mass is 9.79. The third-order valence-electron chi connectivity index (χ3n) is 6.91. The van der Waals surface area contributed by atoms with Gasteiger partial charge in [0, 0.05) is 30.2 Å². The Morgan fingerprint density at radius 1 is 1.06 bits per heavy atom. The summed E-state index contributed by atoms with van der Waals surface area (Å²) < 4.78 is 2.04. The van der Waals surface area contributed by atoms with Crippen LogP contribution in [-0.2, 0) is 10.3 Å². The predicted octanol–water partition coefficient (Wildman–Crippen LogP) is 3.20. The van der Waals surface area contributed by atoms with Crippen molar-refractivity contribution in [1.82, 2.24) is 25.3 Å². The lowest BCUT2D eigenvalue weighted by molar-refractivity contribution is -0.125. The number of likely N-dealkylation sites (tertiary alicyclic amines) is 1. The van der Waals surface area contributed by atoms with Crippen LogP contribution in [0.25, 0.3) is 10.9 Å². The highest BCUT2D eigenvalue weighted by atomic mass is 16.2. The summed E-state index contributed by atoms with van der Waals surface area (Å²) in [6.45, 7) is 5.10. The third kappa shape index (κ3) is 3.55. The van der Waals surface area contributed by atoms with Crippen molar-refractivity contribution >= 4 is 28.7 Å². The van der Waals surface area contributed by atoms with Gasteiger partial charge in [0.15, 0.2) is 0 Å². The molecule has 0 aliphatic carbocycles. The van der Waals surface area contributed by atoms with Crippen LogP contribution in [0.15, 0.2) is 54.7 Å². The zero-order valence-electron chi connectivity index (χ0n) is 18.7. The summed E-state index contributed by atoms with van der Waals surface area (Å²) in [5.74, 6) is -0.539. The van der Waals surface area contributed by atoms with Gasteiger partial charge in [-0.25, -0.2) is 4.79 Å². The number of carbonyl (C=O) groups excluding carboxylic acids is 3. The number of nitrogens with one attached hydrogen (secondary N) is 2. The van der Waals surface area contributed by atoms with E-state index in [1.807, 2.05) is 41.6 Å². The Morgan fingerprint density at radius 2 is 1.76 bits per heavy atom. The minimum Gasteiger partial charge on any atom is -0.338 e. The van der Waals surface area contributed by atoms with Gasteiger partial charge in [0.2, 0.25) is 0 Å². The van der Waals surface area contributed by atoms with Crippen LogP contribution < -0.4 is 10.6 Å². The minimum absolute atomic E-state index is 0.0240. The Balaban J connectivity index is 1.28. The lowest BCUT2D eigenvalue weighted by Crippen LogP contribution is -2.48. The van der Waals surface area contributed by atoms with Crippen molar-refractivity contribution in [1.29, 1.82) is 0 Å². The number of nitrogens with zero attached hydrogens (tertiary/aromatic N) is 3. The number of piperidine rings is 1. The number of aromatic nitrogens is 2. The Morgan fingerprint density at radius 3 is 2.36 bits per heavy atom. The smallest absolute Gasteiger partial charge is 0.322 e. The van der Waals surface area contributed by atoms with Gasteiger partial charge in [0.25, 0.3) is 11.8 Å². The third-order valence-corrected chi connectivity index (χ3v) is 6.91. The van der Waals surface area contributed by atoms with Crippen LogP contribution >= 0.6 is 0 Å². The Bertz CT molecular complexity index is 1190. The van der Waals surface area contributed by atoms with Gasteiger partial charge in [-0.05, 0) is 42.5 Å². The van der Waals surface area contributed by atoms with Gasteiger partial charge >= 0.3 is 6.03 Å². The van der Waals surface area contributed by atoms with Crippen molar-refractivity contribution < 1.29 is 14.4 Å². The van der Waals surface area contributed by atoms with E-state index in [1.165, 1.54) is 0 Å². The van der Waals surface area contributed by atoms with Gasteiger partial charge in [-0.3, -0.25) is 19.6 Å². The van der Waals surface area contributed by atoms with Crippen LogP contribution in [0.1, 0.15) is 48.7 Å². The molecule has 8 nitrogen and oxygen atoms in total. The van der Waals surface area contributed by atoms with Crippen molar-refractivity contribution in [2.24, 2.45) is 5.92 Å². The average Bonchev–Trinajstić information content (AvgIpc) is 3.39. The van der Waals surface area contributed by atoms with Crippen molar-refractivity contribution in [3.63, 3.8) is 0 Å². The van der Waals surface area contributed by atoms with Crippen LogP contribution in [-0.4, -0.2) is 45.6 Å². The number of rotatable bonds is 4. The Kier molecular flexibility index (Phi) is 5.15. The number of amides is 4. The number of carbonyl (C=O) groups is 3. The topological polar surface area (TPSA) is 96.3 Å². The maximum absolute atomic E-state index is 13.1. The lowest BCUT2D eigenvalue weighted by Gasteiger charge is -2.33. The molecule has 0 unspecified atom stereocenters. The van der Waals surface area contributed by atoms with Gasteiger partial charge in [-0.15, -0.1) is 0 Å². The molecular weight excluding hydrogens is 418 g/mol. The summed E-state index contributed by atoms with van der Waals surface area (Å²) in [7, 11) is 0. The van der Waals surface area contributed by atoms with Crippen LogP contribution in [0.4, 0.5) is 4.79 Å². The Hall–Kier alpha value is -3.68. The number of hydrogen-bond acceptors (Lipinski definition) is 4. The molecule has 170 valence electrons. The van der Waals surface area contributed by atoms with E-state index in [-0.39, 0.29) is 23.8 Å². The molecule has 0 saturated carbocycles. The van der Waals surface area contributed by atoms with Crippen molar-refractivity contribution in [2.75, 3.05) is 13.1 Å². The standard InChI is InChI=1S/C25H27N5O3/c1-16(2)25(23(32)26-24(33)27-25)19-9-7-17(8-10-19)22(31)29-13-11-20(12-14-29)30-15-18-5-3-4-6-21(18)28-30/h3-10,15-16,20H,11-14H2,1-2H3,(H2,26,27,32,33)/t25-/m1/s1. The molecule has 0 radical (unpaired) electrons. The molecule has 4 amide bonds. The molecule has 3 aromatic rings. The number of urea groups is 1. The molecule has 2 N–H and O–H groups in total. The van der Waals surface area contributed by atoms with Crippen LogP contribution in [0.2, 0.25) is 0 Å². The number of hydrogen-bond donors (Lipinski definition) is 2. The summed E-state index contributed by atoms with van der Waals surface area (Å²) in [6, 6.07) is 14.9. The van der Waals surface area contributed by atoms with Crippen molar-refractivity contribution in [3.05, 3.63) is 65.9 Å². The summed E-state index contributed by atoms with van der Waals surface area (Å²) >= 11 is 0.